The van der Waals surface area contributed by atoms with Crippen molar-refractivity contribution in [2.24, 2.45) is 5.73 Å². The number of anilines is 2. The molecule has 1 heterocycles. The Labute approximate surface area is 157 Å². The lowest BCUT2D eigenvalue weighted by Crippen LogP contribution is -2.41. The number of benzene rings is 1. The minimum atomic E-state index is -0.344. The van der Waals surface area contributed by atoms with E-state index in [0.717, 1.165) is 11.4 Å². The average Bonchev–Trinajstić information content (AvgIpc) is 2.71. The summed E-state index contributed by atoms with van der Waals surface area (Å²) >= 11 is 0. The van der Waals surface area contributed by atoms with Gasteiger partial charge in [-0.05, 0) is 24.3 Å². The maximum absolute atomic E-state index is 11.8. The number of nitrogens with two attached hydrogens (primary N) is 1. The molecule has 1 aliphatic heterocycles. The number of ether oxygens (including phenoxy) is 2. The molecule has 7 nitrogen and oxygen atoms in total. The smallest absolute Gasteiger partial charge is 0.293 e. The van der Waals surface area contributed by atoms with Crippen molar-refractivity contribution >= 4 is 23.8 Å². The summed E-state index contributed by atoms with van der Waals surface area (Å²) in [7, 11) is 1.89. The number of hydrogen-bond donors (Lipinski definition) is 1. The lowest BCUT2D eigenvalue weighted by Gasteiger charge is -2.28. The van der Waals surface area contributed by atoms with Crippen molar-refractivity contribution in [1.82, 2.24) is 0 Å². The summed E-state index contributed by atoms with van der Waals surface area (Å²) in [6.45, 7) is 10.4. The van der Waals surface area contributed by atoms with E-state index in [1.165, 1.54) is 0 Å². The van der Waals surface area contributed by atoms with Crippen LogP contribution in [-0.2, 0) is 19.1 Å². The van der Waals surface area contributed by atoms with Crippen molar-refractivity contribution < 1.29 is 19.1 Å². The number of morpholine rings is 1. The molecule has 1 aromatic rings. The molecule has 1 aliphatic rings. The number of carbonyl (C=O) groups is 2. The fraction of sp³-hybridized carbons (Fsp3) is 0.579. The Kier molecular flexibility index (Phi) is 12.9. The van der Waals surface area contributed by atoms with Gasteiger partial charge in [0.1, 0.15) is 12.7 Å². The summed E-state index contributed by atoms with van der Waals surface area (Å²) in [5.74, 6) is -0.0325. The Balaban J connectivity index is 0.00000146. The molecule has 0 radical (unpaired) electrons. The van der Waals surface area contributed by atoms with E-state index in [4.69, 9.17) is 15.2 Å². The van der Waals surface area contributed by atoms with Crippen LogP contribution in [0.25, 0.3) is 0 Å². The molecule has 1 saturated heterocycles. The molecular formula is C19H33N3O4. The molecule has 1 unspecified atom stereocenters. The van der Waals surface area contributed by atoms with E-state index in [9.17, 15) is 9.59 Å². The maximum atomic E-state index is 11.8. The number of nitrogens with zero attached hydrogens (tertiary/aromatic N) is 2. The Morgan fingerprint density at radius 3 is 2.38 bits per heavy atom. The quantitative estimate of drug-likeness (QED) is 0.743. The fourth-order valence-electron chi connectivity index (χ4n) is 2.34. The van der Waals surface area contributed by atoms with Crippen LogP contribution in [0.3, 0.4) is 0 Å². The maximum Gasteiger partial charge on any atom is 0.293 e. The van der Waals surface area contributed by atoms with Gasteiger partial charge in [-0.3, -0.25) is 9.59 Å². The molecule has 2 N–H and O–H groups in total. The SMILES string of the molecule is CC.CC.CN(CC(CN)OC=O)c1ccc(N2CCOCC2=O)cc1. The first kappa shape index (κ1) is 23.9. The normalized spacial score (nSPS) is 14.2. The highest BCUT2D eigenvalue weighted by Crippen LogP contribution is 2.21. The standard InChI is InChI=1S/C15H21N3O4.2C2H6/c1-17(9-14(8-16)22-11-19)12-2-4-13(5-3-12)18-6-7-21-10-15(18)20;2*1-2/h2-5,11,14H,6-10,16H2,1H3;2*1-2H3. The van der Waals surface area contributed by atoms with Crippen molar-refractivity contribution in [2.45, 2.75) is 33.8 Å². The van der Waals surface area contributed by atoms with Gasteiger partial charge >= 0.3 is 0 Å². The second-order valence-corrected chi connectivity index (χ2v) is 5.08. The van der Waals surface area contributed by atoms with Gasteiger partial charge in [0, 0.05) is 31.5 Å². The van der Waals surface area contributed by atoms with Crippen LogP contribution < -0.4 is 15.5 Å². The second kappa shape index (κ2) is 14.1. The number of amides is 1. The third-order valence-corrected chi connectivity index (χ3v) is 3.58. The van der Waals surface area contributed by atoms with E-state index in [2.05, 4.69) is 0 Å². The van der Waals surface area contributed by atoms with E-state index in [0.29, 0.717) is 26.2 Å². The van der Waals surface area contributed by atoms with Gasteiger partial charge in [-0.1, -0.05) is 27.7 Å². The van der Waals surface area contributed by atoms with Gasteiger partial charge in [0.2, 0.25) is 0 Å². The molecule has 1 atom stereocenters. The molecule has 0 aromatic heterocycles. The molecular weight excluding hydrogens is 334 g/mol. The van der Waals surface area contributed by atoms with Crippen molar-refractivity contribution in [3.05, 3.63) is 24.3 Å². The van der Waals surface area contributed by atoms with Crippen molar-refractivity contribution in [2.75, 3.05) is 49.7 Å². The molecule has 0 bridgehead atoms. The van der Waals surface area contributed by atoms with Crippen LogP contribution in [0.4, 0.5) is 11.4 Å². The molecule has 0 aliphatic carbocycles. The van der Waals surface area contributed by atoms with Gasteiger partial charge in [0.15, 0.2) is 0 Å². The van der Waals surface area contributed by atoms with E-state index in [-0.39, 0.29) is 25.2 Å². The third kappa shape index (κ3) is 7.41. The molecule has 26 heavy (non-hydrogen) atoms. The van der Waals surface area contributed by atoms with Crippen LogP contribution in [0.15, 0.2) is 24.3 Å². The minimum Gasteiger partial charge on any atom is -0.461 e. The highest BCUT2D eigenvalue weighted by Gasteiger charge is 2.20. The van der Waals surface area contributed by atoms with Gasteiger partial charge in [0.25, 0.3) is 12.4 Å². The number of carbonyl (C=O) groups excluding carboxylic acids is 2. The Morgan fingerprint density at radius 2 is 1.88 bits per heavy atom. The summed E-state index contributed by atoms with van der Waals surface area (Å²) in [5.41, 5.74) is 7.36. The first-order chi connectivity index (χ1) is 12.7. The van der Waals surface area contributed by atoms with Gasteiger partial charge in [-0.25, -0.2) is 0 Å². The van der Waals surface area contributed by atoms with Crippen LogP contribution in [0.2, 0.25) is 0 Å². The summed E-state index contributed by atoms with van der Waals surface area (Å²) in [4.78, 5) is 25.9. The largest absolute Gasteiger partial charge is 0.461 e. The van der Waals surface area contributed by atoms with Crippen molar-refractivity contribution in [3.8, 4) is 0 Å². The average molecular weight is 367 g/mol. The number of hydrogen-bond acceptors (Lipinski definition) is 6. The van der Waals surface area contributed by atoms with Crippen molar-refractivity contribution in [1.29, 1.82) is 0 Å². The van der Waals surface area contributed by atoms with E-state index >= 15 is 0 Å². The zero-order valence-corrected chi connectivity index (χ0v) is 16.6. The lowest BCUT2D eigenvalue weighted by atomic mass is 10.2. The van der Waals surface area contributed by atoms with Crippen LogP contribution in [-0.4, -0.2) is 58.4 Å². The topological polar surface area (TPSA) is 85.1 Å². The van der Waals surface area contributed by atoms with E-state index < -0.39 is 0 Å². The van der Waals surface area contributed by atoms with Crippen LogP contribution in [0.5, 0.6) is 0 Å². The van der Waals surface area contributed by atoms with Crippen LogP contribution in [0, 0.1) is 0 Å². The summed E-state index contributed by atoms with van der Waals surface area (Å²) < 4.78 is 10.0. The Hall–Kier alpha value is -2.12. The Bertz CT molecular complexity index is 508. The van der Waals surface area contributed by atoms with Crippen molar-refractivity contribution in [3.63, 3.8) is 0 Å². The van der Waals surface area contributed by atoms with Crippen LogP contribution in [0.1, 0.15) is 27.7 Å². The monoisotopic (exact) mass is 367 g/mol. The molecule has 148 valence electrons. The third-order valence-electron chi connectivity index (χ3n) is 3.58. The van der Waals surface area contributed by atoms with Crippen LogP contribution >= 0.6 is 0 Å². The predicted octanol–water partition coefficient (Wildman–Crippen LogP) is 2.04. The summed E-state index contributed by atoms with van der Waals surface area (Å²) in [6.07, 6.45) is -0.344. The zero-order chi connectivity index (χ0) is 19.9. The first-order valence-electron chi connectivity index (χ1n) is 9.14. The van der Waals surface area contributed by atoms with Gasteiger partial charge < -0.3 is 25.0 Å². The summed E-state index contributed by atoms with van der Waals surface area (Å²) in [5, 5.41) is 0. The molecule has 7 heteroatoms. The fourth-order valence-corrected chi connectivity index (χ4v) is 2.34. The molecule has 1 amide bonds. The number of likely N-dealkylation sites (N-methyl/N-ethyl adjacent to an activating group) is 1. The molecule has 0 spiro atoms. The summed E-state index contributed by atoms with van der Waals surface area (Å²) in [6, 6.07) is 7.64. The predicted molar refractivity (Wildman–Crippen MR) is 106 cm³/mol. The van der Waals surface area contributed by atoms with Gasteiger partial charge in [-0.15, -0.1) is 0 Å². The minimum absolute atomic E-state index is 0.0325. The number of rotatable bonds is 7. The lowest BCUT2D eigenvalue weighted by molar-refractivity contribution is -0.132. The zero-order valence-electron chi connectivity index (χ0n) is 16.6. The molecule has 0 saturated carbocycles. The van der Waals surface area contributed by atoms with Gasteiger partial charge in [0.05, 0.1) is 13.2 Å². The van der Waals surface area contributed by atoms with E-state index in [1.807, 2.05) is 63.9 Å². The highest BCUT2D eigenvalue weighted by atomic mass is 16.5. The van der Waals surface area contributed by atoms with E-state index in [1.54, 1.807) is 4.90 Å². The molecule has 1 fully saturated rings. The highest BCUT2D eigenvalue weighted by molar-refractivity contribution is 5.95. The Morgan fingerprint density at radius 1 is 1.27 bits per heavy atom. The second-order valence-electron chi connectivity index (χ2n) is 5.08. The molecule has 1 aromatic carbocycles. The molecule has 2 rings (SSSR count). The van der Waals surface area contributed by atoms with Gasteiger partial charge in [-0.2, -0.15) is 0 Å². The first-order valence-corrected chi connectivity index (χ1v) is 9.14.